The van der Waals surface area contributed by atoms with Crippen LogP contribution in [-0.2, 0) is 58.2 Å². The van der Waals surface area contributed by atoms with E-state index >= 15 is 0 Å². The zero-order chi connectivity index (χ0) is 35.9. The highest BCUT2D eigenvalue weighted by atomic mass is 31.2. The Balaban J connectivity index is 2.35. The van der Waals surface area contributed by atoms with Gasteiger partial charge in [-0.1, -0.05) is 41.5 Å². The highest BCUT2D eigenvalue weighted by molar-refractivity contribution is 7.48. The monoisotopic (exact) mass is 699 g/mol. The lowest BCUT2D eigenvalue weighted by molar-refractivity contribution is -0.161. The first kappa shape index (κ1) is 40.1. The number of halogens is 1. The van der Waals surface area contributed by atoms with Gasteiger partial charge in [-0.05, 0) is 12.8 Å². The molecule has 2 rings (SSSR count). The average Bonchev–Trinajstić information content (AvgIpc) is 3.20. The van der Waals surface area contributed by atoms with Gasteiger partial charge in [-0.3, -0.25) is 28.3 Å². The van der Waals surface area contributed by atoms with E-state index in [9.17, 15) is 43.1 Å². The van der Waals surface area contributed by atoms with Gasteiger partial charge >= 0.3 is 31.4 Å². The molecule has 1 fully saturated rings. The van der Waals surface area contributed by atoms with Gasteiger partial charge in [0.1, 0.15) is 24.4 Å². The van der Waals surface area contributed by atoms with Gasteiger partial charge in [-0.2, -0.15) is 0 Å². The quantitative estimate of drug-likeness (QED) is 0.0857. The normalized spacial score (nSPS) is 23.7. The second-order valence-electron chi connectivity index (χ2n) is 11.9. The number of phosphoric ester groups is 1. The van der Waals surface area contributed by atoms with Crippen molar-refractivity contribution in [2.24, 2.45) is 23.5 Å². The summed E-state index contributed by atoms with van der Waals surface area (Å²) in [6.45, 7) is 4.77. The first-order valence-corrected chi connectivity index (χ1v) is 15.9. The van der Waals surface area contributed by atoms with Crippen LogP contribution in [0.4, 0.5) is 4.39 Å². The Morgan fingerprint density at radius 1 is 1.00 bits per heavy atom. The van der Waals surface area contributed by atoms with Crippen LogP contribution in [-0.4, -0.2) is 87.5 Å². The maximum atomic E-state index is 14.7. The molecule has 2 heterocycles. The minimum Gasteiger partial charge on any atom is -0.442 e. The second kappa shape index (κ2) is 16.4. The van der Waals surface area contributed by atoms with Gasteiger partial charge in [0.05, 0.1) is 18.4 Å². The molecule has 0 saturated carbocycles. The second-order valence-corrected chi connectivity index (χ2v) is 13.6. The number of hydrogen-bond donors (Lipinski definition) is 3. The van der Waals surface area contributed by atoms with Crippen molar-refractivity contribution in [1.82, 2.24) is 9.13 Å². The Bertz CT molecular complexity index is 1400. The molecular weight excluding hydrogens is 656 g/mol. The fourth-order valence-electron chi connectivity index (χ4n) is 3.92. The summed E-state index contributed by atoms with van der Waals surface area (Å²) in [5, 5.41) is 22.3. The van der Waals surface area contributed by atoms with Crippen LogP contribution in [0.1, 0.15) is 54.7 Å². The number of nitrogens with two attached hydrogens (primary N) is 1. The first-order valence-electron chi connectivity index (χ1n) is 14.5. The number of aliphatic hydroxyl groups excluding tert-OH is 1. The van der Waals surface area contributed by atoms with Crippen molar-refractivity contribution in [3.05, 3.63) is 33.1 Å². The number of esters is 3. The molecule has 1 aliphatic rings. The molecule has 4 N–H and O–H groups in total. The summed E-state index contributed by atoms with van der Waals surface area (Å²) in [4.78, 5) is 61.5. The number of carbonyl (C=O) groups excluding carboxylic acids is 3. The number of hydrogen-bond acceptors (Lipinski definition) is 16. The lowest BCUT2D eigenvalue weighted by Crippen LogP contribution is -2.53. The predicted molar refractivity (Wildman–Crippen MR) is 157 cm³/mol. The summed E-state index contributed by atoms with van der Waals surface area (Å²) in [7, 11) is -4.88. The number of ether oxygens (including phenoxy) is 4. The van der Waals surface area contributed by atoms with E-state index in [4.69, 9.17) is 38.3 Å². The molecule has 268 valence electrons. The molecule has 0 amide bonds. The molecule has 20 heteroatoms. The molecule has 1 aromatic rings. The van der Waals surface area contributed by atoms with Crippen molar-refractivity contribution < 1.29 is 66.1 Å². The fraction of sp³-hybridized carbons (Fsp3) is 0.741. The van der Waals surface area contributed by atoms with Crippen molar-refractivity contribution in [2.45, 2.75) is 84.8 Å². The minimum absolute atomic E-state index is 0.317. The van der Waals surface area contributed by atoms with Crippen molar-refractivity contribution in [1.29, 1.82) is 0 Å². The Hall–Kier alpha value is -3.03. The van der Waals surface area contributed by atoms with Crippen LogP contribution in [0.15, 0.2) is 21.9 Å². The summed E-state index contributed by atoms with van der Waals surface area (Å²) < 4.78 is 64.6. The molecule has 5 atom stereocenters. The summed E-state index contributed by atoms with van der Waals surface area (Å²) in [5.41, 5.74) is -1.38. The van der Waals surface area contributed by atoms with E-state index in [0.29, 0.717) is 9.13 Å². The average molecular weight is 700 g/mol. The molecule has 1 unspecified atom stereocenters. The van der Waals surface area contributed by atoms with Gasteiger partial charge in [0.2, 0.25) is 13.6 Å². The van der Waals surface area contributed by atoms with Crippen LogP contribution in [0.25, 0.3) is 0 Å². The van der Waals surface area contributed by atoms with Crippen molar-refractivity contribution in [3.63, 3.8) is 0 Å². The summed E-state index contributed by atoms with van der Waals surface area (Å²) in [6, 6.07) is -0.188. The van der Waals surface area contributed by atoms with E-state index in [1.807, 2.05) is 0 Å². The Morgan fingerprint density at radius 2 is 1.53 bits per heavy atom. The molecule has 1 aliphatic heterocycles. The van der Waals surface area contributed by atoms with Crippen LogP contribution < -0.4 is 17.0 Å². The summed E-state index contributed by atoms with van der Waals surface area (Å²) in [6.07, 6.45) is -3.19. The lowest BCUT2D eigenvalue weighted by atomic mass is 9.88. The molecule has 0 bridgehead atoms. The van der Waals surface area contributed by atoms with Crippen molar-refractivity contribution in [2.75, 3.05) is 26.9 Å². The topological polar surface area (TPSA) is 243 Å². The Kier molecular flexibility index (Phi) is 14.0. The molecule has 1 aromatic heterocycles. The fourth-order valence-corrected chi connectivity index (χ4v) is 4.89. The minimum atomic E-state index is -4.88. The number of alkyl halides is 1. The zero-order valence-corrected chi connectivity index (χ0v) is 28.0. The van der Waals surface area contributed by atoms with Gasteiger partial charge in [0.15, 0.2) is 18.6 Å². The molecule has 0 aliphatic carbocycles. The Labute approximate surface area is 269 Å². The van der Waals surface area contributed by atoms with Gasteiger partial charge in [0, 0.05) is 12.3 Å². The highest BCUT2D eigenvalue weighted by Gasteiger charge is 2.63. The third kappa shape index (κ3) is 9.76. The molecule has 1 saturated heterocycles. The third-order valence-corrected chi connectivity index (χ3v) is 8.32. The van der Waals surface area contributed by atoms with E-state index in [1.54, 1.807) is 13.8 Å². The lowest BCUT2D eigenvalue weighted by Gasteiger charge is -2.31. The SMILES string of the molecule is CC(C)C(=O)OCOP(=O)(OCOC(=O)C(C)C)OC[C@@]1(CF)O[C@@H](n2ccc(=O)n(COC(=O)C(N)C(C)C)c2=O)[C@](C)(O)[C@@H]1O. The zero-order valence-electron chi connectivity index (χ0n) is 27.2. The molecule has 18 nitrogen and oxygen atoms in total. The summed E-state index contributed by atoms with van der Waals surface area (Å²) in [5.74, 6) is -3.90. The molecule has 0 radical (unpaired) electrons. The van der Waals surface area contributed by atoms with Crippen molar-refractivity contribution >= 4 is 25.7 Å². The van der Waals surface area contributed by atoms with E-state index in [1.165, 1.54) is 27.7 Å². The highest BCUT2D eigenvalue weighted by Crippen LogP contribution is 2.52. The predicted octanol–water partition coefficient (Wildman–Crippen LogP) is 0.314. The van der Waals surface area contributed by atoms with E-state index in [2.05, 4.69) is 0 Å². The number of aliphatic hydroxyl groups is 2. The standard InChI is InChI=1S/C27H43FN3O15P/c1-15(2)19(29)22(35)40-12-31-18(32)8-9-30(25(31)37)24-26(7,38)23(36)27(10-28,46-24)11-43-47(39,44-13-41-20(33)16(3)4)45-14-42-21(34)17(5)6/h8-9,15-17,19,23-24,36,38H,10-14,29H2,1-7H3/t19?,23-,24+,26+,27+/m0/s1. The van der Waals surface area contributed by atoms with E-state index in [0.717, 1.165) is 19.2 Å². The van der Waals surface area contributed by atoms with Gasteiger partial charge in [-0.15, -0.1) is 0 Å². The smallest absolute Gasteiger partial charge is 0.442 e. The summed E-state index contributed by atoms with van der Waals surface area (Å²) >= 11 is 0. The van der Waals surface area contributed by atoms with Crippen LogP contribution in [0.5, 0.6) is 0 Å². The van der Waals surface area contributed by atoms with Gasteiger partial charge in [-0.25, -0.2) is 27.4 Å². The van der Waals surface area contributed by atoms with Gasteiger partial charge < -0.3 is 34.9 Å². The number of phosphoric acid groups is 1. The molecular formula is C27H43FN3O15P. The van der Waals surface area contributed by atoms with Crippen LogP contribution in [0, 0.1) is 17.8 Å². The Morgan fingerprint density at radius 3 is 2.00 bits per heavy atom. The molecule has 47 heavy (non-hydrogen) atoms. The van der Waals surface area contributed by atoms with Gasteiger partial charge in [0.25, 0.3) is 5.56 Å². The number of aromatic nitrogens is 2. The number of nitrogens with zero attached hydrogens (tertiary/aromatic N) is 2. The maximum absolute atomic E-state index is 14.7. The third-order valence-electron chi connectivity index (χ3n) is 7.03. The maximum Gasteiger partial charge on any atom is 0.480 e. The van der Waals surface area contributed by atoms with E-state index < -0.39 is 112 Å². The molecule has 0 spiro atoms. The van der Waals surface area contributed by atoms with Crippen LogP contribution >= 0.6 is 7.82 Å². The van der Waals surface area contributed by atoms with E-state index in [-0.39, 0.29) is 5.92 Å². The first-order chi connectivity index (χ1) is 21.7. The number of carbonyl (C=O) groups is 3. The van der Waals surface area contributed by atoms with Crippen LogP contribution in [0.3, 0.4) is 0 Å². The largest absolute Gasteiger partial charge is 0.480 e. The van der Waals surface area contributed by atoms with Crippen LogP contribution in [0.2, 0.25) is 0 Å². The molecule has 0 aromatic carbocycles. The number of rotatable bonds is 17. The van der Waals surface area contributed by atoms with Crippen molar-refractivity contribution in [3.8, 4) is 0 Å².